The molecule has 2 unspecified atom stereocenters. The van der Waals surface area contributed by atoms with Crippen LogP contribution in [0.2, 0.25) is 0 Å². The van der Waals surface area contributed by atoms with Gasteiger partial charge in [-0.15, -0.1) is 0 Å². The molecule has 1 aromatic heterocycles. The molecule has 3 aliphatic heterocycles. The van der Waals surface area contributed by atoms with Crippen molar-refractivity contribution >= 4 is 28.6 Å². The first-order valence-electron chi connectivity index (χ1n) is 8.67. The second-order valence-corrected chi connectivity index (χ2v) is 7.85. The zero-order valence-electron chi connectivity index (χ0n) is 14.7. The fourth-order valence-corrected chi connectivity index (χ4v) is 5.07. The van der Waals surface area contributed by atoms with Crippen LogP contribution in [0.5, 0.6) is 0 Å². The third-order valence-corrected chi connectivity index (χ3v) is 6.20. The second kappa shape index (κ2) is 4.51. The topological polar surface area (TPSA) is 96.4 Å². The molecule has 3 aliphatic rings. The molecule has 0 N–H and O–H groups in total. The van der Waals surface area contributed by atoms with Gasteiger partial charge in [0.1, 0.15) is 11.6 Å². The summed E-state index contributed by atoms with van der Waals surface area (Å²) in [4.78, 5) is 32.0. The molecular formula is C19H17N3O4. The summed E-state index contributed by atoms with van der Waals surface area (Å²) in [5.74, 6) is -1.08. The van der Waals surface area contributed by atoms with Gasteiger partial charge in [-0.1, -0.05) is 0 Å². The minimum Gasteiger partial charge on any atom is -0.440 e. The molecule has 0 radical (unpaired) electrons. The number of anilines is 1. The van der Waals surface area contributed by atoms with Gasteiger partial charge in [0.25, 0.3) is 0 Å². The number of nitriles is 1. The molecule has 0 saturated carbocycles. The minimum atomic E-state index is -0.605. The molecule has 0 aliphatic carbocycles. The van der Waals surface area contributed by atoms with Crippen LogP contribution < -0.4 is 4.90 Å². The molecule has 2 aromatic rings. The van der Waals surface area contributed by atoms with Crippen molar-refractivity contribution in [3.63, 3.8) is 0 Å². The van der Waals surface area contributed by atoms with Gasteiger partial charge in [-0.25, -0.2) is 9.88 Å². The van der Waals surface area contributed by atoms with E-state index >= 15 is 0 Å². The Balaban J connectivity index is 1.70. The van der Waals surface area contributed by atoms with Crippen LogP contribution >= 0.6 is 0 Å². The molecule has 7 heteroatoms. The zero-order valence-corrected chi connectivity index (χ0v) is 14.7. The fourth-order valence-electron chi connectivity index (χ4n) is 5.07. The maximum Gasteiger partial charge on any atom is 0.240 e. The molecule has 2 bridgehead atoms. The molecular weight excluding hydrogens is 334 g/mol. The smallest absolute Gasteiger partial charge is 0.240 e. The zero-order chi connectivity index (χ0) is 18.4. The van der Waals surface area contributed by atoms with Crippen molar-refractivity contribution < 1.29 is 18.7 Å². The summed E-state index contributed by atoms with van der Waals surface area (Å²) in [5, 5.41) is 9.28. The summed E-state index contributed by atoms with van der Waals surface area (Å²) in [7, 11) is 0. The Kier molecular flexibility index (Phi) is 2.70. The van der Waals surface area contributed by atoms with Crippen molar-refractivity contribution in [1.29, 1.82) is 5.26 Å². The van der Waals surface area contributed by atoms with E-state index < -0.39 is 23.0 Å². The standard InChI is InChI=1S/C19H17N3O4/c1-9-21-14-11(5-4-10(8-20)15(14)25-9)22-16(23)12-13(17(22)24)19(3)7-6-18(12,2)26-19/h4-5,12-13H,6-7H2,1-3H3/t12-,13+,18?,19?. The van der Waals surface area contributed by atoms with Gasteiger partial charge in [0.2, 0.25) is 11.8 Å². The third-order valence-electron chi connectivity index (χ3n) is 6.20. The molecule has 5 rings (SSSR count). The van der Waals surface area contributed by atoms with Crippen molar-refractivity contribution in [3.8, 4) is 6.07 Å². The highest BCUT2D eigenvalue weighted by atomic mass is 16.5. The maximum absolute atomic E-state index is 13.2. The Morgan fingerprint density at radius 3 is 2.38 bits per heavy atom. The monoisotopic (exact) mass is 351 g/mol. The van der Waals surface area contributed by atoms with Crippen LogP contribution in [0.25, 0.3) is 11.1 Å². The van der Waals surface area contributed by atoms with E-state index in [0.717, 1.165) is 12.8 Å². The number of aromatic nitrogens is 1. The van der Waals surface area contributed by atoms with Crippen LogP contribution in [-0.4, -0.2) is 28.0 Å². The highest BCUT2D eigenvalue weighted by Crippen LogP contribution is 2.61. The van der Waals surface area contributed by atoms with E-state index in [4.69, 9.17) is 9.15 Å². The number of amides is 2. The number of fused-ring (bicyclic) bond motifs is 6. The van der Waals surface area contributed by atoms with Crippen molar-refractivity contribution in [2.45, 2.75) is 44.8 Å². The predicted octanol–water partition coefficient (Wildman–Crippen LogP) is 2.45. The lowest BCUT2D eigenvalue weighted by atomic mass is 9.69. The minimum absolute atomic E-state index is 0.252. The maximum atomic E-state index is 13.2. The molecule has 26 heavy (non-hydrogen) atoms. The van der Waals surface area contributed by atoms with E-state index in [9.17, 15) is 14.9 Å². The molecule has 132 valence electrons. The first-order chi connectivity index (χ1) is 12.3. The first-order valence-corrected chi connectivity index (χ1v) is 8.67. The van der Waals surface area contributed by atoms with E-state index in [0.29, 0.717) is 28.2 Å². The lowest BCUT2D eigenvalue weighted by Crippen LogP contribution is -2.40. The van der Waals surface area contributed by atoms with Crippen molar-refractivity contribution in [1.82, 2.24) is 4.98 Å². The van der Waals surface area contributed by atoms with Crippen LogP contribution in [0.4, 0.5) is 5.69 Å². The summed E-state index contributed by atoms with van der Waals surface area (Å²) < 4.78 is 11.7. The molecule has 4 heterocycles. The molecule has 1 aromatic carbocycles. The Labute approximate surface area is 149 Å². The van der Waals surface area contributed by atoms with Crippen LogP contribution in [0.15, 0.2) is 16.5 Å². The number of oxazole rings is 1. The number of aryl methyl sites for hydroxylation is 1. The van der Waals surface area contributed by atoms with E-state index in [1.807, 2.05) is 13.8 Å². The number of hydrogen-bond donors (Lipinski definition) is 0. The van der Waals surface area contributed by atoms with Gasteiger partial charge in [-0.05, 0) is 38.8 Å². The van der Waals surface area contributed by atoms with Gasteiger partial charge >= 0.3 is 0 Å². The quantitative estimate of drug-likeness (QED) is 0.732. The van der Waals surface area contributed by atoms with Crippen LogP contribution in [0, 0.1) is 30.1 Å². The van der Waals surface area contributed by atoms with Gasteiger partial charge in [-0.3, -0.25) is 9.59 Å². The average molecular weight is 351 g/mol. The summed E-state index contributed by atoms with van der Waals surface area (Å²) >= 11 is 0. The van der Waals surface area contributed by atoms with Gasteiger partial charge in [0.05, 0.1) is 34.3 Å². The van der Waals surface area contributed by atoms with Crippen LogP contribution in [0.1, 0.15) is 38.1 Å². The number of rotatable bonds is 1. The Morgan fingerprint density at radius 2 is 1.81 bits per heavy atom. The van der Waals surface area contributed by atoms with Crippen LogP contribution in [0.3, 0.4) is 0 Å². The largest absolute Gasteiger partial charge is 0.440 e. The Bertz CT molecular complexity index is 1020. The highest BCUT2D eigenvalue weighted by Gasteiger charge is 2.72. The summed E-state index contributed by atoms with van der Waals surface area (Å²) in [6, 6.07) is 5.22. The molecule has 3 saturated heterocycles. The summed E-state index contributed by atoms with van der Waals surface area (Å²) in [5.41, 5.74) is 0.167. The number of benzene rings is 1. The van der Waals surface area contributed by atoms with E-state index in [1.165, 1.54) is 4.90 Å². The van der Waals surface area contributed by atoms with E-state index in [1.54, 1.807) is 19.1 Å². The van der Waals surface area contributed by atoms with E-state index in [2.05, 4.69) is 11.1 Å². The Morgan fingerprint density at radius 1 is 1.19 bits per heavy atom. The second-order valence-electron chi connectivity index (χ2n) is 7.85. The predicted molar refractivity (Wildman–Crippen MR) is 90.1 cm³/mol. The van der Waals surface area contributed by atoms with Crippen molar-refractivity contribution in [2.24, 2.45) is 11.8 Å². The molecule has 7 nitrogen and oxygen atoms in total. The van der Waals surface area contributed by atoms with Gasteiger partial charge in [0, 0.05) is 6.92 Å². The van der Waals surface area contributed by atoms with Gasteiger partial charge in [-0.2, -0.15) is 5.26 Å². The number of carbonyl (C=O) groups is 2. The molecule has 4 atom stereocenters. The third kappa shape index (κ3) is 1.63. The lowest BCUT2D eigenvalue weighted by Gasteiger charge is -2.27. The summed E-state index contributed by atoms with van der Waals surface area (Å²) in [6.07, 6.45) is 1.53. The SMILES string of the molecule is Cc1nc2c(N3C(=O)[C@@H]4[C@H](C3=O)C3(C)CCC4(C)O3)ccc(C#N)c2o1. The number of ether oxygens (including phenoxy) is 1. The molecule has 0 spiro atoms. The van der Waals surface area contributed by atoms with Gasteiger partial charge in [0.15, 0.2) is 11.5 Å². The fraction of sp³-hybridized carbons (Fsp3) is 0.474. The number of nitrogens with zero attached hydrogens (tertiary/aromatic N) is 3. The van der Waals surface area contributed by atoms with Crippen molar-refractivity contribution in [2.75, 3.05) is 4.90 Å². The first kappa shape index (κ1) is 15.5. The highest BCUT2D eigenvalue weighted by molar-refractivity contribution is 6.25. The number of hydrogen-bond acceptors (Lipinski definition) is 6. The Hall–Kier alpha value is -2.72. The average Bonchev–Trinajstić information content (AvgIpc) is 3.25. The van der Waals surface area contributed by atoms with Crippen LogP contribution in [-0.2, 0) is 14.3 Å². The number of imide groups is 1. The molecule has 2 amide bonds. The molecule has 3 fully saturated rings. The normalized spacial score (nSPS) is 35.4. The van der Waals surface area contributed by atoms with Crippen molar-refractivity contribution in [3.05, 3.63) is 23.6 Å². The lowest BCUT2D eigenvalue weighted by molar-refractivity contribution is -0.129. The number of carbonyl (C=O) groups excluding carboxylic acids is 2. The summed E-state index contributed by atoms with van der Waals surface area (Å²) in [6.45, 7) is 5.52. The van der Waals surface area contributed by atoms with E-state index in [-0.39, 0.29) is 11.8 Å². The van der Waals surface area contributed by atoms with Gasteiger partial charge < -0.3 is 9.15 Å².